The number of hydrogen-bond donors (Lipinski definition) is 3. The van der Waals surface area contributed by atoms with Gasteiger partial charge < -0.3 is 20.4 Å². The highest BCUT2D eigenvalue weighted by molar-refractivity contribution is 9.10. The van der Waals surface area contributed by atoms with Crippen molar-refractivity contribution in [2.24, 2.45) is 0 Å². The molecule has 0 bridgehead atoms. The molecule has 1 aromatic heterocycles. The van der Waals surface area contributed by atoms with Gasteiger partial charge in [0.1, 0.15) is 5.69 Å². The number of fused-ring (bicyclic) bond motifs is 1. The molecule has 0 aliphatic carbocycles. The molecule has 112 valence electrons. The van der Waals surface area contributed by atoms with E-state index in [1.807, 2.05) is 18.2 Å². The first-order valence-electron chi connectivity index (χ1n) is 6.49. The number of ether oxygens (including phenoxy) is 1. The highest BCUT2D eigenvalue weighted by Gasteiger charge is 2.20. The SMILES string of the molecule is CCOC(=O)c1[nH]c2ccc(Br)cc2c1NC(=O)CNC. The molecular weight excluding hydrogens is 338 g/mol. The quantitative estimate of drug-likeness (QED) is 0.720. The smallest absolute Gasteiger partial charge is 0.356 e. The Morgan fingerprint density at radius 1 is 1.38 bits per heavy atom. The summed E-state index contributed by atoms with van der Waals surface area (Å²) in [6, 6.07) is 5.52. The van der Waals surface area contributed by atoms with Crippen LogP contribution in [0.1, 0.15) is 17.4 Å². The lowest BCUT2D eigenvalue weighted by molar-refractivity contribution is -0.115. The van der Waals surface area contributed by atoms with Crippen LogP contribution in [0.25, 0.3) is 10.9 Å². The summed E-state index contributed by atoms with van der Waals surface area (Å²) in [6.07, 6.45) is 0. The van der Waals surface area contributed by atoms with Crippen LogP contribution in [0.3, 0.4) is 0 Å². The maximum atomic E-state index is 12.0. The molecule has 0 saturated heterocycles. The van der Waals surface area contributed by atoms with Crippen molar-refractivity contribution in [2.45, 2.75) is 6.92 Å². The molecule has 0 radical (unpaired) electrons. The van der Waals surface area contributed by atoms with Crippen LogP contribution in [0.4, 0.5) is 5.69 Å². The fourth-order valence-electron chi connectivity index (χ4n) is 1.99. The van der Waals surface area contributed by atoms with Gasteiger partial charge in [0.15, 0.2) is 0 Å². The van der Waals surface area contributed by atoms with Gasteiger partial charge in [-0.15, -0.1) is 0 Å². The van der Waals surface area contributed by atoms with E-state index in [-0.39, 0.29) is 24.8 Å². The molecule has 21 heavy (non-hydrogen) atoms. The fourth-order valence-corrected chi connectivity index (χ4v) is 2.36. The zero-order valence-electron chi connectivity index (χ0n) is 11.7. The summed E-state index contributed by atoms with van der Waals surface area (Å²) in [5.74, 6) is -0.728. The van der Waals surface area contributed by atoms with E-state index in [1.165, 1.54) is 0 Å². The van der Waals surface area contributed by atoms with Crippen molar-refractivity contribution in [2.75, 3.05) is 25.5 Å². The van der Waals surface area contributed by atoms with Gasteiger partial charge >= 0.3 is 5.97 Å². The number of amides is 1. The second-order valence-corrected chi connectivity index (χ2v) is 5.28. The zero-order valence-corrected chi connectivity index (χ0v) is 13.3. The Labute approximate surface area is 130 Å². The Bertz CT molecular complexity index is 681. The third-order valence-corrected chi connectivity index (χ3v) is 3.34. The maximum Gasteiger partial charge on any atom is 0.356 e. The van der Waals surface area contributed by atoms with E-state index >= 15 is 0 Å². The van der Waals surface area contributed by atoms with Crippen LogP contribution in [0, 0.1) is 0 Å². The van der Waals surface area contributed by atoms with Crippen molar-refractivity contribution >= 4 is 44.4 Å². The highest BCUT2D eigenvalue weighted by atomic mass is 79.9. The second-order valence-electron chi connectivity index (χ2n) is 4.36. The summed E-state index contributed by atoms with van der Waals surface area (Å²) in [5.41, 5.74) is 1.43. The molecule has 2 rings (SSSR count). The van der Waals surface area contributed by atoms with Crippen molar-refractivity contribution in [1.29, 1.82) is 0 Å². The van der Waals surface area contributed by atoms with Gasteiger partial charge in [-0.3, -0.25) is 4.79 Å². The van der Waals surface area contributed by atoms with Crippen LogP contribution in [0.2, 0.25) is 0 Å². The number of halogens is 1. The molecule has 6 nitrogen and oxygen atoms in total. The normalized spacial score (nSPS) is 10.6. The third kappa shape index (κ3) is 3.43. The molecule has 0 spiro atoms. The van der Waals surface area contributed by atoms with Crippen LogP contribution >= 0.6 is 15.9 Å². The fraction of sp³-hybridized carbons (Fsp3) is 0.286. The summed E-state index contributed by atoms with van der Waals surface area (Å²) in [6.45, 7) is 2.15. The number of carbonyl (C=O) groups is 2. The second kappa shape index (κ2) is 6.73. The van der Waals surface area contributed by atoms with Crippen molar-refractivity contribution in [3.63, 3.8) is 0 Å². The predicted octanol–water partition coefficient (Wildman–Crippen LogP) is 2.26. The van der Waals surface area contributed by atoms with Gasteiger partial charge in [-0.05, 0) is 32.2 Å². The van der Waals surface area contributed by atoms with Crippen molar-refractivity contribution in [3.05, 3.63) is 28.4 Å². The van der Waals surface area contributed by atoms with E-state index < -0.39 is 5.97 Å². The van der Waals surface area contributed by atoms with Gasteiger partial charge in [-0.25, -0.2) is 4.79 Å². The monoisotopic (exact) mass is 353 g/mol. The number of H-pyrrole nitrogens is 1. The van der Waals surface area contributed by atoms with Crippen molar-refractivity contribution < 1.29 is 14.3 Å². The zero-order chi connectivity index (χ0) is 15.4. The molecule has 7 heteroatoms. The van der Waals surface area contributed by atoms with E-state index in [1.54, 1.807) is 14.0 Å². The average Bonchev–Trinajstić information content (AvgIpc) is 2.78. The number of esters is 1. The minimum absolute atomic E-state index is 0.156. The van der Waals surface area contributed by atoms with Crippen LogP contribution in [0.5, 0.6) is 0 Å². The summed E-state index contributed by atoms with van der Waals surface area (Å²) in [4.78, 5) is 26.8. The number of benzene rings is 1. The predicted molar refractivity (Wildman–Crippen MR) is 84.5 cm³/mol. The van der Waals surface area contributed by atoms with E-state index in [0.29, 0.717) is 5.69 Å². The maximum absolute atomic E-state index is 12.0. The Morgan fingerprint density at radius 3 is 2.81 bits per heavy atom. The largest absolute Gasteiger partial charge is 0.461 e. The lowest BCUT2D eigenvalue weighted by atomic mass is 10.2. The molecule has 2 aromatic rings. The third-order valence-electron chi connectivity index (χ3n) is 2.84. The Balaban J connectivity index is 2.50. The summed E-state index contributed by atoms with van der Waals surface area (Å²) in [7, 11) is 1.68. The van der Waals surface area contributed by atoms with E-state index in [0.717, 1.165) is 15.4 Å². The molecule has 1 heterocycles. The minimum atomic E-state index is -0.496. The van der Waals surface area contributed by atoms with Crippen molar-refractivity contribution in [1.82, 2.24) is 10.3 Å². The van der Waals surface area contributed by atoms with Gasteiger partial charge in [-0.2, -0.15) is 0 Å². The molecule has 0 saturated carbocycles. The summed E-state index contributed by atoms with van der Waals surface area (Å²) in [5, 5.41) is 6.26. The van der Waals surface area contributed by atoms with E-state index in [9.17, 15) is 9.59 Å². The first kappa shape index (κ1) is 15.5. The Morgan fingerprint density at radius 2 is 2.14 bits per heavy atom. The minimum Gasteiger partial charge on any atom is -0.461 e. The molecule has 0 aliphatic heterocycles. The topological polar surface area (TPSA) is 83.2 Å². The number of hydrogen-bond acceptors (Lipinski definition) is 4. The number of rotatable bonds is 5. The summed E-state index contributed by atoms with van der Waals surface area (Å²) >= 11 is 3.39. The molecule has 1 amide bonds. The van der Waals surface area contributed by atoms with Gasteiger partial charge in [0.05, 0.1) is 18.8 Å². The first-order valence-corrected chi connectivity index (χ1v) is 7.29. The van der Waals surface area contributed by atoms with Crippen molar-refractivity contribution in [3.8, 4) is 0 Å². The standard InChI is InChI=1S/C14H16BrN3O3/c1-3-21-14(20)13-12(18-11(19)7-16-2)9-6-8(15)4-5-10(9)17-13/h4-6,16-17H,3,7H2,1-2H3,(H,18,19). The number of aromatic amines is 1. The van der Waals surface area contributed by atoms with Crippen LogP contribution in [-0.2, 0) is 9.53 Å². The highest BCUT2D eigenvalue weighted by Crippen LogP contribution is 2.30. The average molecular weight is 354 g/mol. The van der Waals surface area contributed by atoms with Gasteiger partial charge in [0, 0.05) is 15.4 Å². The molecule has 0 atom stereocenters. The molecule has 0 aliphatic rings. The molecule has 3 N–H and O–H groups in total. The summed E-state index contributed by atoms with van der Waals surface area (Å²) < 4.78 is 5.88. The van der Waals surface area contributed by atoms with Gasteiger partial charge in [0.2, 0.25) is 5.91 Å². The lowest BCUT2D eigenvalue weighted by Crippen LogP contribution is -2.25. The molecule has 1 aromatic carbocycles. The van der Waals surface area contributed by atoms with Gasteiger partial charge in [-0.1, -0.05) is 15.9 Å². The first-order chi connectivity index (χ1) is 10.1. The van der Waals surface area contributed by atoms with Crippen LogP contribution in [0.15, 0.2) is 22.7 Å². The molecular formula is C14H16BrN3O3. The van der Waals surface area contributed by atoms with Crippen LogP contribution in [-0.4, -0.2) is 37.1 Å². The Hall–Kier alpha value is -1.86. The molecule has 0 unspecified atom stereocenters. The number of aromatic nitrogens is 1. The number of nitrogens with one attached hydrogen (secondary N) is 3. The van der Waals surface area contributed by atoms with Gasteiger partial charge in [0.25, 0.3) is 0 Å². The number of likely N-dealkylation sites (N-methyl/N-ethyl adjacent to an activating group) is 1. The Kier molecular flexibility index (Phi) is 4.98. The van der Waals surface area contributed by atoms with E-state index in [4.69, 9.17) is 4.74 Å². The number of carbonyl (C=O) groups excluding carboxylic acids is 2. The number of anilines is 1. The van der Waals surface area contributed by atoms with Crippen LogP contribution < -0.4 is 10.6 Å². The lowest BCUT2D eigenvalue weighted by Gasteiger charge is -2.07. The molecule has 0 fully saturated rings. The van der Waals surface area contributed by atoms with E-state index in [2.05, 4.69) is 31.5 Å².